The van der Waals surface area contributed by atoms with Gasteiger partial charge in [-0.3, -0.25) is 9.11 Å². The lowest BCUT2D eigenvalue weighted by atomic mass is 13.6. The summed E-state index contributed by atoms with van der Waals surface area (Å²) in [5, 5.41) is 6.50. The summed E-state index contributed by atoms with van der Waals surface area (Å²) in [5.74, 6) is 3.50. The first kappa shape index (κ1) is 15.8. The molecule has 0 rings (SSSR count). The molecule has 0 fully saturated rings. The van der Waals surface area contributed by atoms with E-state index in [9.17, 15) is 0 Å². The molecule has 0 aromatic rings. The van der Waals surface area contributed by atoms with Gasteiger partial charge in [-0.15, -0.1) is 0 Å². The van der Waals surface area contributed by atoms with Crippen LogP contribution in [0.1, 0.15) is 0 Å². The molecule has 0 aromatic heterocycles. The van der Waals surface area contributed by atoms with Crippen LogP contribution in [0, 0.1) is 0 Å². The van der Waals surface area contributed by atoms with Gasteiger partial charge in [-0.2, -0.15) is 4.21 Å². The number of hydrogen-bond donors (Lipinski definition) is 4. The van der Waals surface area contributed by atoms with E-state index >= 15 is 0 Å². The first-order valence-electron chi connectivity index (χ1n) is 0.790. The van der Waals surface area contributed by atoms with Crippen LogP contribution < -0.4 is 5.90 Å². The largest absolute Gasteiger partial charge is 0.412 e. The lowest BCUT2D eigenvalue weighted by Gasteiger charge is -1.59. The van der Waals surface area contributed by atoms with Gasteiger partial charge in [0, 0.05) is 0 Å². The van der Waals surface area contributed by atoms with Gasteiger partial charge in [-0.1, -0.05) is 0 Å². The van der Waals surface area contributed by atoms with E-state index in [1.54, 1.807) is 0 Å². The van der Waals surface area contributed by atoms with E-state index in [0.717, 1.165) is 0 Å². The fourth-order valence-electron chi connectivity index (χ4n) is 0. The van der Waals surface area contributed by atoms with Crippen LogP contribution in [0.3, 0.4) is 0 Å². The minimum absolute atomic E-state index is 0. The van der Waals surface area contributed by atoms with Crippen molar-refractivity contribution < 1.29 is 24.0 Å². The van der Waals surface area contributed by atoms with Crippen molar-refractivity contribution in [3.63, 3.8) is 0 Å². The van der Waals surface area contributed by atoms with Crippen LogP contribution in [-0.2, 0) is 11.4 Å². The van der Waals surface area contributed by atoms with Gasteiger partial charge in [0.15, 0.2) is 0 Å². The van der Waals surface area contributed by atoms with Crippen LogP contribution in [0.4, 0.5) is 0 Å². The van der Waals surface area contributed by atoms with Crippen LogP contribution in [0.15, 0.2) is 0 Å². The van der Waals surface area contributed by atoms with E-state index in [4.69, 9.17) is 18.5 Å². The molecule has 7 N–H and O–H groups in total. The van der Waals surface area contributed by atoms with Gasteiger partial charge in [0.25, 0.3) is 11.4 Å². The topological polar surface area (TPSA) is 135 Å². The van der Waals surface area contributed by atoms with Gasteiger partial charge in [0.1, 0.15) is 0 Å². The molecule has 0 bridgehead atoms. The summed E-state index contributed by atoms with van der Waals surface area (Å²) in [4.78, 5) is 0. The Hall–Kier alpha value is -0.0500. The molecule has 0 heterocycles. The predicted molar refractivity (Wildman–Crippen MR) is 23.0 cm³/mol. The molecular formula is H7NO5S. The van der Waals surface area contributed by atoms with E-state index in [2.05, 4.69) is 5.90 Å². The van der Waals surface area contributed by atoms with Crippen molar-refractivity contribution in [2.24, 2.45) is 5.90 Å². The van der Waals surface area contributed by atoms with Crippen LogP contribution >= 0.6 is 0 Å². The average molecular weight is 133 g/mol. The Kier molecular flexibility index (Phi) is 37.7. The number of hydrogen-bond acceptors (Lipinski definition) is 3. The summed E-state index contributed by atoms with van der Waals surface area (Å²) in [6.07, 6.45) is 0. The average Bonchev–Trinajstić information content (AvgIpc) is 1.41. The lowest BCUT2D eigenvalue weighted by Crippen LogP contribution is -1.74. The van der Waals surface area contributed by atoms with Gasteiger partial charge in [-0.05, 0) is 0 Å². The van der Waals surface area contributed by atoms with E-state index in [0.29, 0.717) is 0 Å². The molecule has 0 radical (unpaired) electrons. The lowest BCUT2D eigenvalue weighted by molar-refractivity contribution is 0.311. The zero-order chi connectivity index (χ0) is 5.58. The van der Waals surface area contributed by atoms with Crippen molar-refractivity contribution in [1.82, 2.24) is 0 Å². The Morgan fingerprint density at radius 1 is 1.29 bits per heavy atom. The molecule has 7 heavy (non-hydrogen) atoms. The molecule has 48 valence electrons. The van der Waals surface area contributed by atoms with Gasteiger partial charge in [-0.25, -0.2) is 5.90 Å². The molecule has 6 nitrogen and oxygen atoms in total. The zero-order valence-corrected chi connectivity index (χ0v) is 4.05. The molecule has 0 aromatic carbocycles. The summed E-state index contributed by atoms with van der Waals surface area (Å²) < 4.78 is 22.8. The Balaban J connectivity index is -0.0000000480. The van der Waals surface area contributed by atoms with Crippen LogP contribution in [0.5, 0.6) is 0 Å². The van der Waals surface area contributed by atoms with E-state index < -0.39 is 11.4 Å². The summed E-state index contributed by atoms with van der Waals surface area (Å²) in [6.45, 7) is 0. The summed E-state index contributed by atoms with van der Waals surface area (Å²) in [7, 11) is 0. The molecule has 0 spiro atoms. The molecule has 0 aliphatic rings. The van der Waals surface area contributed by atoms with E-state index in [1.165, 1.54) is 0 Å². The Morgan fingerprint density at radius 3 is 1.29 bits per heavy atom. The standard InChI is InChI=1S/H3NO.H2O3S.H2O/c1-2;1-4(2)3;/h2H,1H2;(H2,1,2,3);1H2. The molecule has 0 atom stereocenters. The third-order valence-corrected chi connectivity index (χ3v) is 0. The first-order valence-corrected chi connectivity index (χ1v) is 1.85. The van der Waals surface area contributed by atoms with E-state index in [-0.39, 0.29) is 5.48 Å². The molecule has 0 saturated carbocycles. The Labute approximate surface area is 42.3 Å². The quantitative estimate of drug-likeness (QED) is 0.228. The van der Waals surface area contributed by atoms with Crippen LogP contribution in [0.2, 0.25) is 0 Å². The second kappa shape index (κ2) is 16.8. The van der Waals surface area contributed by atoms with Crippen molar-refractivity contribution in [3.8, 4) is 0 Å². The Morgan fingerprint density at radius 2 is 1.29 bits per heavy atom. The van der Waals surface area contributed by atoms with Gasteiger partial charge in [0.2, 0.25) is 0 Å². The highest BCUT2D eigenvalue weighted by Crippen LogP contribution is 1.44. The molecular weight excluding hydrogens is 126 g/mol. The highest BCUT2D eigenvalue weighted by Gasteiger charge is 1.62. The van der Waals surface area contributed by atoms with Crippen LogP contribution in [-0.4, -0.2) is 24.0 Å². The van der Waals surface area contributed by atoms with Crippen molar-refractivity contribution >= 4 is 11.4 Å². The highest BCUT2D eigenvalue weighted by atomic mass is 32.2. The number of rotatable bonds is 0. The minimum atomic E-state index is -2.61. The SMILES string of the molecule is NO.O.O=S(O)O. The van der Waals surface area contributed by atoms with Crippen molar-refractivity contribution in [2.75, 3.05) is 0 Å². The fourth-order valence-corrected chi connectivity index (χ4v) is 0. The minimum Gasteiger partial charge on any atom is -0.412 e. The van der Waals surface area contributed by atoms with Crippen molar-refractivity contribution in [1.29, 1.82) is 0 Å². The van der Waals surface area contributed by atoms with Crippen molar-refractivity contribution in [3.05, 3.63) is 0 Å². The number of nitrogens with two attached hydrogens (primary N) is 1. The highest BCUT2D eigenvalue weighted by molar-refractivity contribution is 7.73. The Bertz CT molecular complexity index is 31.1. The zero-order valence-electron chi connectivity index (χ0n) is 3.24. The van der Waals surface area contributed by atoms with E-state index in [1.807, 2.05) is 0 Å². The molecule has 0 saturated heterocycles. The molecule has 7 heteroatoms. The molecule has 0 aliphatic carbocycles. The van der Waals surface area contributed by atoms with Gasteiger partial charge >= 0.3 is 0 Å². The summed E-state index contributed by atoms with van der Waals surface area (Å²) in [6, 6.07) is 0. The second-order valence-corrected chi connectivity index (χ2v) is 0.692. The monoisotopic (exact) mass is 133 g/mol. The third-order valence-electron chi connectivity index (χ3n) is 0. The van der Waals surface area contributed by atoms with Gasteiger partial charge < -0.3 is 10.7 Å². The molecule has 0 amide bonds. The summed E-state index contributed by atoms with van der Waals surface area (Å²) in [5.41, 5.74) is 0. The third kappa shape index (κ3) is 37100. The van der Waals surface area contributed by atoms with Gasteiger partial charge in [0.05, 0.1) is 0 Å². The maximum absolute atomic E-state index is 8.67. The normalized spacial score (nSPS) is 5.86. The smallest absolute Gasteiger partial charge is 0.299 e. The summed E-state index contributed by atoms with van der Waals surface area (Å²) >= 11 is -2.61. The van der Waals surface area contributed by atoms with Crippen LogP contribution in [0.25, 0.3) is 0 Å². The maximum Gasteiger partial charge on any atom is 0.299 e. The van der Waals surface area contributed by atoms with Crippen molar-refractivity contribution in [2.45, 2.75) is 0 Å². The predicted octanol–water partition coefficient (Wildman–Crippen LogP) is -1.81. The maximum atomic E-state index is 8.67. The molecule has 0 unspecified atom stereocenters. The fraction of sp³-hybridized carbons (Fsp3) is 0. The molecule has 0 aliphatic heterocycles. The first-order chi connectivity index (χ1) is 2.73. The second-order valence-electron chi connectivity index (χ2n) is 0.231.